The minimum atomic E-state index is -0.609. The zero-order valence-electron chi connectivity index (χ0n) is 18.7. The monoisotopic (exact) mass is 539 g/mol. The number of nitrogens with one attached hydrogen (secondary N) is 2. The maximum Gasteiger partial charge on any atom is 0.336 e. The van der Waals surface area contributed by atoms with Gasteiger partial charge in [0.25, 0.3) is 5.91 Å². The van der Waals surface area contributed by atoms with Crippen molar-refractivity contribution in [3.05, 3.63) is 88.3 Å². The van der Waals surface area contributed by atoms with Crippen LogP contribution in [0.1, 0.15) is 16.9 Å². The van der Waals surface area contributed by atoms with Crippen LogP contribution in [0.4, 0.5) is 0 Å². The van der Waals surface area contributed by atoms with E-state index in [1.54, 1.807) is 61.7 Å². The van der Waals surface area contributed by atoms with Gasteiger partial charge in [-0.1, -0.05) is 28.1 Å². The number of carbonyl (C=O) groups excluding carboxylic acids is 3. The summed E-state index contributed by atoms with van der Waals surface area (Å²) in [5, 5.41) is 6.42. The summed E-state index contributed by atoms with van der Waals surface area (Å²) in [6, 6.07) is 15.4. The van der Waals surface area contributed by atoms with Gasteiger partial charge >= 0.3 is 5.97 Å². The topological polar surface area (TPSA) is 119 Å². The molecule has 0 bridgehead atoms. The van der Waals surface area contributed by atoms with Gasteiger partial charge in [0.05, 0.1) is 32.6 Å². The molecule has 0 aliphatic heterocycles. The number of nitrogens with zero attached hydrogens (tertiary/aromatic N) is 1. The molecule has 2 amide bonds. The average Bonchev–Trinajstić information content (AvgIpc) is 3.37. The summed E-state index contributed by atoms with van der Waals surface area (Å²) >= 11 is 3.35. The second kappa shape index (κ2) is 12.9. The van der Waals surface area contributed by atoms with Crippen LogP contribution in [-0.2, 0) is 20.8 Å². The number of furan rings is 1. The lowest BCUT2D eigenvalue weighted by molar-refractivity contribution is -0.129. The van der Waals surface area contributed by atoms with Crippen LogP contribution in [0.15, 0.2) is 80.9 Å². The highest BCUT2D eigenvalue weighted by Gasteiger charge is 2.09. The van der Waals surface area contributed by atoms with Crippen molar-refractivity contribution in [2.75, 3.05) is 13.7 Å². The number of hydrazone groups is 1. The Hall–Kier alpha value is -4.18. The Bertz CT molecular complexity index is 1220. The molecule has 2 aromatic carbocycles. The van der Waals surface area contributed by atoms with Crippen LogP contribution in [0.25, 0.3) is 6.08 Å². The highest BCUT2D eigenvalue weighted by Crippen LogP contribution is 2.22. The molecule has 0 atom stereocenters. The van der Waals surface area contributed by atoms with E-state index in [9.17, 15) is 14.4 Å². The minimum Gasteiger partial charge on any atom is -0.497 e. The molecule has 3 aromatic rings. The smallest absolute Gasteiger partial charge is 0.336 e. The zero-order valence-corrected chi connectivity index (χ0v) is 20.3. The Morgan fingerprint density at radius 3 is 2.60 bits per heavy atom. The largest absolute Gasteiger partial charge is 0.497 e. The van der Waals surface area contributed by atoms with Crippen molar-refractivity contribution in [2.45, 2.75) is 6.42 Å². The molecule has 0 saturated heterocycles. The zero-order chi connectivity index (χ0) is 25.0. The molecule has 0 spiro atoms. The first-order valence-electron chi connectivity index (χ1n) is 10.4. The van der Waals surface area contributed by atoms with Gasteiger partial charge in [0, 0.05) is 16.1 Å². The molecule has 0 fully saturated rings. The number of ether oxygens (including phenoxy) is 2. The summed E-state index contributed by atoms with van der Waals surface area (Å²) in [4.78, 5) is 36.2. The lowest BCUT2D eigenvalue weighted by Crippen LogP contribution is -2.35. The van der Waals surface area contributed by atoms with E-state index < -0.39 is 11.9 Å². The molecule has 0 saturated carbocycles. The number of hydrogen-bond acceptors (Lipinski definition) is 7. The van der Waals surface area contributed by atoms with Gasteiger partial charge in [-0.15, -0.1) is 0 Å². The van der Waals surface area contributed by atoms with E-state index in [2.05, 4.69) is 31.8 Å². The van der Waals surface area contributed by atoms with Gasteiger partial charge in [0.2, 0.25) is 5.91 Å². The second-order valence-corrected chi connectivity index (χ2v) is 7.96. The fourth-order valence-electron chi connectivity index (χ4n) is 2.78. The highest BCUT2D eigenvalue weighted by atomic mass is 79.9. The number of amides is 2. The van der Waals surface area contributed by atoms with Crippen LogP contribution in [0.5, 0.6) is 11.5 Å². The van der Waals surface area contributed by atoms with Crippen molar-refractivity contribution in [1.82, 2.24) is 10.7 Å². The van der Waals surface area contributed by atoms with Crippen molar-refractivity contribution in [3.63, 3.8) is 0 Å². The Labute approximate surface area is 209 Å². The Kier molecular flexibility index (Phi) is 9.38. The second-order valence-electron chi connectivity index (χ2n) is 7.05. The lowest BCUT2D eigenvalue weighted by Gasteiger charge is -2.07. The fraction of sp³-hybridized carbons (Fsp3) is 0.120. The standard InChI is InChI=1S/C25H22BrN3O6/c1-33-20-7-4-17(5-8-20)13-23(30)27-16-24(31)29-28-15-18-14-19(26)6-10-22(18)35-25(32)11-9-21-3-2-12-34-21/h2-12,14-15H,13,16H2,1H3,(H,27,30)(H,29,31)/b11-9+,28-15+. The molecule has 35 heavy (non-hydrogen) atoms. The first-order chi connectivity index (χ1) is 16.9. The molecule has 0 aliphatic carbocycles. The third-order valence-corrected chi connectivity index (χ3v) is 4.97. The third kappa shape index (κ3) is 8.59. The van der Waals surface area contributed by atoms with Crippen LogP contribution in [0.2, 0.25) is 0 Å². The molecule has 3 rings (SSSR count). The number of carbonyl (C=O) groups is 3. The first-order valence-corrected chi connectivity index (χ1v) is 11.2. The summed E-state index contributed by atoms with van der Waals surface area (Å²) < 4.78 is 16.3. The Morgan fingerprint density at radius 1 is 1.09 bits per heavy atom. The predicted molar refractivity (Wildman–Crippen MR) is 133 cm³/mol. The Morgan fingerprint density at radius 2 is 1.89 bits per heavy atom. The first kappa shape index (κ1) is 25.4. The summed E-state index contributed by atoms with van der Waals surface area (Å²) in [6.07, 6.45) is 5.67. The van der Waals surface area contributed by atoms with Gasteiger partial charge in [-0.05, 0) is 54.1 Å². The Balaban J connectivity index is 1.49. The molecule has 1 heterocycles. The number of hydrogen-bond donors (Lipinski definition) is 2. The van der Waals surface area contributed by atoms with E-state index in [1.807, 2.05) is 0 Å². The number of esters is 1. The number of halogens is 1. The van der Waals surface area contributed by atoms with Crippen molar-refractivity contribution in [3.8, 4) is 11.5 Å². The van der Waals surface area contributed by atoms with Crippen molar-refractivity contribution in [1.29, 1.82) is 0 Å². The molecular formula is C25H22BrN3O6. The summed E-state index contributed by atoms with van der Waals surface area (Å²) in [5.74, 6) is 0.0193. The third-order valence-electron chi connectivity index (χ3n) is 4.47. The molecule has 10 heteroatoms. The van der Waals surface area contributed by atoms with Crippen molar-refractivity contribution in [2.24, 2.45) is 5.10 Å². The molecule has 180 valence electrons. The summed E-state index contributed by atoms with van der Waals surface area (Å²) in [7, 11) is 1.56. The summed E-state index contributed by atoms with van der Waals surface area (Å²) in [5.41, 5.74) is 3.56. The average molecular weight is 540 g/mol. The van der Waals surface area contributed by atoms with Crippen LogP contribution >= 0.6 is 15.9 Å². The molecular weight excluding hydrogens is 518 g/mol. The summed E-state index contributed by atoms with van der Waals surface area (Å²) in [6.45, 7) is -0.246. The van der Waals surface area contributed by atoms with Crippen molar-refractivity contribution >= 4 is 46.0 Å². The van der Waals surface area contributed by atoms with Crippen molar-refractivity contribution < 1.29 is 28.3 Å². The maximum atomic E-state index is 12.1. The predicted octanol–water partition coefficient (Wildman–Crippen LogP) is 3.48. The molecule has 0 radical (unpaired) electrons. The van der Waals surface area contributed by atoms with Gasteiger partial charge in [-0.3, -0.25) is 9.59 Å². The maximum absolute atomic E-state index is 12.1. The highest BCUT2D eigenvalue weighted by molar-refractivity contribution is 9.10. The van der Waals surface area contributed by atoms with Crippen LogP contribution in [0.3, 0.4) is 0 Å². The minimum absolute atomic E-state index is 0.127. The molecule has 9 nitrogen and oxygen atoms in total. The molecule has 0 aliphatic rings. The van der Waals surface area contributed by atoms with Crippen LogP contribution in [-0.4, -0.2) is 37.7 Å². The van der Waals surface area contributed by atoms with Crippen LogP contribution in [0, 0.1) is 0 Å². The molecule has 0 unspecified atom stereocenters. The fourth-order valence-corrected chi connectivity index (χ4v) is 3.15. The van der Waals surface area contributed by atoms with E-state index >= 15 is 0 Å². The van der Waals surface area contributed by atoms with Gasteiger partial charge in [-0.2, -0.15) is 5.10 Å². The van der Waals surface area contributed by atoms with E-state index in [0.717, 1.165) is 10.0 Å². The lowest BCUT2D eigenvalue weighted by atomic mass is 10.1. The van der Waals surface area contributed by atoms with Crippen LogP contribution < -0.4 is 20.2 Å². The SMILES string of the molecule is COc1ccc(CC(=O)NCC(=O)N/N=C/c2cc(Br)ccc2OC(=O)/C=C/c2ccco2)cc1. The normalized spacial score (nSPS) is 10.9. The number of rotatable bonds is 10. The van der Waals surface area contributed by atoms with Gasteiger partial charge < -0.3 is 19.2 Å². The van der Waals surface area contributed by atoms with E-state index in [0.29, 0.717) is 17.1 Å². The van der Waals surface area contributed by atoms with E-state index in [-0.39, 0.29) is 24.6 Å². The van der Waals surface area contributed by atoms with Gasteiger partial charge in [0.15, 0.2) is 0 Å². The number of methoxy groups -OCH3 is 1. The molecule has 1 aromatic heterocycles. The number of benzene rings is 2. The van der Waals surface area contributed by atoms with E-state index in [1.165, 1.54) is 24.6 Å². The quantitative estimate of drug-likeness (QED) is 0.134. The van der Waals surface area contributed by atoms with E-state index in [4.69, 9.17) is 13.9 Å². The van der Waals surface area contributed by atoms with Gasteiger partial charge in [-0.25, -0.2) is 10.2 Å². The molecule has 2 N–H and O–H groups in total. The van der Waals surface area contributed by atoms with Gasteiger partial charge in [0.1, 0.15) is 17.3 Å².